The summed E-state index contributed by atoms with van der Waals surface area (Å²) in [5.41, 5.74) is 1.59. The van der Waals surface area contributed by atoms with Crippen molar-refractivity contribution in [2.75, 3.05) is 17.2 Å². The summed E-state index contributed by atoms with van der Waals surface area (Å²) < 4.78 is 19.0. The van der Waals surface area contributed by atoms with E-state index in [0.29, 0.717) is 40.3 Å². The van der Waals surface area contributed by atoms with Crippen LogP contribution in [-0.4, -0.2) is 22.5 Å². The molecule has 2 N–H and O–H groups in total. The van der Waals surface area contributed by atoms with Gasteiger partial charge < -0.3 is 15.4 Å². The summed E-state index contributed by atoms with van der Waals surface area (Å²) in [5, 5.41) is 6.59. The predicted molar refractivity (Wildman–Crippen MR) is 117 cm³/mol. The third kappa shape index (κ3) is 5.16. The fraction of sp³-hybridized carbons (Fsp3) is 0.227. The Morgan fingerprint density at radius 1 is 1.30 bits per heavy atom. The van der Waals surface area contributed by atoms with Crippen molar-refractivity contribution in [3.8, 4) is 18.1 Å². The van der Waals surface area contributed by atoms with Crippen LogP contribution in [0.1, 0.15) is 20.3 Å². The minimum absolute atomic E-state index is 0.00929. The van der Waals surface area contributed by atoms with Gasteiger partial charge in [0.25, 0.3) is 0 Å². The summed E-state index contributed by atoms with van der Waals surface area (Å²) in [6.45, 7) is 3.96. The van der Waals surface area contributed by atoms with Gasteiger partial charge in [-0.3, -0.25) is 4.79 Å². The number of rotatable bonds is 7. The molecular formula is C22H20ClFN4O2. The molecule has 30 heavy (non-hydrogen) atoms. The first-order chi connectivity index (χ1) is 14.4. The lowest BCUT2D eigenvalue weighted by Crippen LogP contribution is -2.15. The van der Waals surface area contributed by atoms with Gasteiger partial charge >= 0.3 is 0 Å². The highest BCUT2D eigenvalue weighted by Crippen LogP contribution is 2.34. The first kappa shape index (κ1) is 21.3. The van der Waals surface area contributed by atoms with Gasteiger partial charge in [0.2, 0.25) is 5.91 Å². The molecule has 0 aliphatic rings. The molecule has 3 rings (SSSR count). The van der Waals surface area contributed by atoms with Gasteiger partial charge in [-0.15, -0.1) is 6.42 Å². The molecule has 0 radical (unpaired) electrons. The van der Waals surface area contributed by atoms with E-state index in [9.17, 15) is 9.18 Å². The third-order valence-corrected chi connectivity index (χ3v) is 4.39. The highest BCUT2D eigenvalue weighted by Gasteiger charge is 2.14. The standard InChI is InChI=1S/C22H20ClFN4O2/c1-4-7-30-20-11-18-15(10-19(20)28-21(29)8-13(2)3)22(26-12-25-18)27-14-5-6-17(24)16(23)9-14/h1,5-6,9-13H,7-8H2,2-3H3,(H,28,29)(H,25,26,27). The number of fused-ring (bicyclic) bond motifs is 1. The Kier molecular flexibility index (Phi) is 6.70. The average Bonchev–Trinajstić information content (AvgIpc) is 2.69. The zero-order valence-corrected chi connectivity index (χ0v) is 17.3. The highest BCUT2D eigenvalue weighted by atomic mass is 35.5. The number of amides is 1. The van der Waals surface area contributed by atoms with Crippen molar-refractivity contribution in [1.29, 1.82) is 0 Å². The molecule has 154 valence electrons. The Bertz CT molecular complexity index is 1130. The molecule has 0 unspecified atom stereocenters. The van der Waals surface area contributed by atoms with Crippen molar-refractivity contribution < 1.29 is 13.9 Å². The lowest BCUT2D eigenvalue weighted by atomic mass is 10.1. The quantitative estimate of drug-likeness (QED) is 0.510. The Morgan fingerprint density at radius 2 is 2.10 bits per heavy atom. The number of carbonyl (C=O) groups is 1. The molecule has 0 saturated carbocycles. The summed E-state index contributed by atoms with van der Waals surface area (Å²) in [4.78, 5) is 20.9. The molecule has 0 spiro atoms. The summed E-state index contributed by atoms with van der Waals surface area (Å²) in [6.07, 6.45) is 7.05. The summed E-state index contributed by atoms with van der Waals surface area (Å²) in [5.74, 6) is 2.82. The van der Waals surface area contributed by atoms with Crippen LogP contribution in [0.4, 0.5) is 21.6 Å². The maximum absolute atomic E-state index is 13.4. The van der Waals surface area contributed by atoms with Crippen LogP contribution in [0.25, 0.3) is 10.9 Å². The minimum atomic E-state index is -0.514. The molecule has 3 aromatic rings. The maximum atomic E-state index is 13.4. The first-order valence-corrected chi connectivity index (χ1v) is 9.62. The lowest BCUT2D eigenvalue weighted by molar-refractivity contribution is -0.116. The van der Waals surface area contributed by atoms with Crippen LogP contribution in [0, 0.1) is 24.1 Å². The number of aromatic nitrogens is 2. The summed E-state index contributed by atoms with van der Waals surface area (Å²) >= 11 is 5.86. The first-order valence-electron chi connectivity index (χ1n) is 9.24. The molecule has 8 heteroatoms. The average molecular weight is 427 g/mol. The Balaban J connectivity index is 2.02. The molecule has 1 amide bonds. The van der Waals surface area contributed by atoms with Gasteiger partial charge in [0, 0.05) is 23.6 Å². The molecule has 6 nitrogen and oxygen atoms in total. The second-order valence-corrected chi connectivity index (χ2v) is 7.39. The summed E-state index contributed by atoms with van der Waals surface area (Å²) in [7, 11) is 0. The van der Waals surface area contributed by atoms with Crippen LogP contribution in [0.2, 0.25) is 5.02 Å². The number of carbonyl (C=O) groups excluding carboxylic acids is 1. The van der Waals surface area contributed by atoms with E-state index in [1.807, 2.05) is 13.8 Å². The monoisotopic (exact) mass is 426 g/mol. The fourth-order valence-electron chi connectivity index (χ4n) is 2.80. The molecule has 0 saturated heterocycles. The predicted octanol–water partition coefficient (Wildman–Crippen LogP) is 5.16. The van der Waals surface area contributed by atoms with Crippen molar-refractivity contribution in [1.82, 2.24) is 9.97 Å². The van der Waals surface area contributed by atoms with E-state index in [2.05, 4.69) is 26.5 Å². The van der Waals surface area contributed by atoms with Gasteiger partial charge in [-0.25, -0.2) is 14.4 Å². The van der Waals surface area contributed by atoms with E-state index in [1.54, 1.807) is 18.2 Å². The number of benzene rings is 2. The van der Waals surface area contributed by atoms with Crippen LogP contribution >= 0.6 is 11.6 Å². The second-order valence-electron chi connectivity index (χ2n) is 6.98. The minimum Gasteiger partial charge on any atom is -0.479 e. The largest absolute Gasteiger partial charge is 0.479 e. The number of hydrogen-bond acceptors (Lipinski definition) is 5. The van der Waals surface area contributed by atoms with Crippen molar-refractivity contribution in [3.05, 3.63) is 47.5 Å². The fourth-order valence-corrected chi connectivity index (χ4v) is 2.98. The van der Waals surface area contributed by atoms with Crippen LogP contribution in [0.3, 0.4) is 0 Å². The van der Waals surface area contributed by atoms with Gasteiger partial charge in [0.15, 0.2) is 0 Å². The van der Waals surface area contributed by atoms with E-state index in [4.69, 9.17) is 22.8 Å². The normalized spacial score (nSPS) is 10.7. The van der Waals surface area contributed by atoms with Crippen molar-refractivity contribution in [2.45, 2.75) is 20.3 Å². The van der Waals surface area contributed by atoms with Crippen molar-refractivity contribution in [2.24, 2.45) is 5.92 Å². The molecule has 0 fully saturated rings. The van der Waals surface area contributed by atoms with Gasteiger partial charge in [-0.1, -0.05) is 31.4 Å². The van der Waals surface area contributed by atoms with E-state index >= 15 is 0 Å². The Hall–Kier alpha value is -3.37. The van der Waals surface area contributed by atoms with Crippen LogP contribution in [0.5, 0.6) is 5.75 Å². The summed E-state index contributed by atoms with van der Waals surface area (Å²) in [6, 6.07) is 7.66. The number of nitrogens with one attached hydrogen (secondary N) is 2. The smallest absolute Gasteiger partial charge is 0.224 e. The topological polar surface area (TPSA) is 76.1 Å². The number of anilines is 3. The molecular weight excluding hydrogens is 407 g/mol. The van der Waals surface area contributed by atoms with Crippen LogP contribution in [0.15, 0.2) is 36.7 Å². The second kappa shape index (κ2) is 9.42. The van der Waals surface area contributed by atoms with Gasteiger partial charge in [-0.05, 0) is 30.2 Å². The maximum Gasteiger partial charge on any atom is 0.224 e. The van der Waals surface area contributed by atoms with Gasteiger partial charge in [0.05, 0.1) is 16.2 Å². The third-order valence-electron chi connectivity index (χ3n) is 4.10. The Labute approximate surface area is 178 Å². The molecule has 1 heterocycles. The Morgan fingerprint density at radius 3 is 2.80 bits per heavy atom. The highest BCUT2D eigenvalue weighted by molar-refractivity contribution is 6.31. The number of halogens is 2. The molecule has 0 bridgehead atoms. The van der Waals surface area contributed by atoms with Crippen LogP contribution < -0.4 is 15.4 Å². The molecule has 2 aromatic carbocycles. The number of ether oxygens (including phenoxy) is 1. The number of hydrogen-bond donors (Lipinski definition) is 2. The molecule has 0 aliphatic heterocycles. The van der Waals surface area contributed by atoms with Gasteiger partial charge in [0.1, 0.15) is 30.3 Å². The van der Waals surface area contributed by atoms with Gasteiger partial charge in [-0.2, -0.15) is 0 Å². The van der Waals surface area contributed by atoms with E-state index in [1.165, 1.54) is 18.5 Å². The SMILES string of the molecule is C#CCOc1cc2ncnc(Nc3ccc(F)c(Cl)c3)c2cc1NC(=O)CC(C)C. The van der Waals surface area contributed by atoms with E-state index in [-0.39, 0.29) is 23.5 Å². The van der Waals surface area contributed by atoms with Crippen molar-refractivity contribution in [3.63, 3.8) is 0 Å². The van der Waals surface area contributed by atoms with E-state index in [0.717, 1.165) is 0 Å². The molecule has 0 aliphatic carbocycles. The number of terminal acetylenes is 1. The van der Waals surface area contributed by atoms with Crippen LogP contribution in [-0.2, 0) is 4.79 Å². The number of nitrogens with zero attached hydrogens (tertiary/aromatic N) is 2. The zero-order valence-electron chi connectivity index (χ0n) is 16.5. The molecule has 0 atom stereocenters. The lowest BCUT2D eigenvalue weighted by Gasteiger charge is -2.15. The van der Waals surface area contributed by atoms with E-state index < -0.39 is 5.82 Å². The molecule has 1 aromatic heterocycles. The van der Waals surface area contributed by atoms with Crippen molar-refractivity contribution >= 4 is 45.6 Å². The zero-order chi connectivity index (χ0) is 21.7.